The number of thiazole rings is 3. The van der Waals surface area contributed by atoms with Crippen LogP contribution in [-0.2, 0) is 65.4 Å². The van der Waals surface area contributed by atoms with Crippen molar-refractivity contribution in [3.8, 4) is 0 Å². The van der Waals surface area contributed by atoms with Crippen molar-refractivity contribution in [3.05, 3.63) is 132 Å². The Labute approximate surface area is 504 Å². The number of hydrogen-bond acceptors (Lipinski definition) is 28. The van der Waals surface area contributed by atoms with E-state index in [1.807, 2.05) is 24.3 Å². The molecule has 6 aromatic heterocycles. The van der Waals surface area contributed by atoms with Gasteiger partial charge >= 0.3 is 0 Å². The Morgan fingerprint density at radius 1 is 0.566 bits per heavy atom. The Morgan fingerprint density at radius 2 is 0.952 bits per heavy atom. The predicted molar refractivity (Wildman–Crippen MR) is 311 cm³/mol. The van der Waals surface area contributed by atoms with Crippen LogP contribution in [0.15, 0.2) is 72.3 Å². The number of aromatic nitrogens is 9. The molecule has 4 unspecified atom stereocenters. The molecule has 0 aliphatic carbocycles. The van der Waals surface area contributed by atoms with E-state index in [2.05, 4.69) is 97.8 Å². The first kappa shape index (κ1) is 60.5. The molecular weight excluding hydrogens is 1330 g/mol. The third-order valence-corrected chi connectivity index (χ3v) is 18.8. The van der Waals surface area contributed by atoms with Crippen LogP contribution in [0.25, 0.3) is 40.3 Å². The number of imide groups is 3. The fourth-order valence-corrected chi connectivity index (χ4v) is 14.8. The Kier molecular flexibility index (Phi) is 18.8. The summed E-state index contributed by atoms with van der Waals surface area (Å²) in [7, 11) is -2.41. The first-order valence-electron chi connectivity index (χ1n) is 23.1. The topological polar surface area (TPSA) is 371 Å². The zero-order valence-corrected chi connectivity index (χ0v) is 50.7. The number of carbonyl (C=O) groups excluding carboxylic acids is 6. The molecule has 0 saturated carbocycles. The van der Waals surface area contributed by atoms with Gasteiger partial charge in [-0.05, 0) is 42.5 Å². The number of thioether (sulfide) groups is 3. The molecule has 0 spiro atoms. The molecule has 37 heteroatoms. The minimum Gasteiger partial charge on any atom is -0.425 e. The van der Waals surface area contributed by atoms with Crippen LogP contribution < -0.4 is 16.0 Å². The normalized spacial score (nSPS) is 17.2. The third-order valence-electron chi connectivity index (χ3n) is 10.8. The number of nitrogens with zero attached hydrogens (tertiary/aromatic N) is 11. The SMILES string of the molecule is CS(=O)(=O)Cl.O=C1NC(=O)C(Cc2nnc(Cc3nc4ccc(Br)cc4s3)o2)S1.[C-]#[N+]c1ccc2nc(C(c3nnc(CC4SC(=O)NC4=O)o3)S(C)(=O)=O)sc2c1.[C-]#[N+]c1ccc2nc(Cc3nnc(CC4SC(=O)NC4=O)o3)sc2c1. The van der Waals surface area contributed by atoms with Gasteiger partial charge in [-0.2, -0.15) is 0 Å². The van der Waals surface area contributed by atoms with Crippen molar-refractivity contribution in [2.24, 2.45) is 0 Å². The highest BCUT2D eigenvalue weighted by Gasteiger charge is 2.38. The summed E-state index contributed by atoms with van der Waals surface area (Å²) in [6.07, 6.45) is 3.23. The number of fused-ring (bicyclic) bond motifs is 3. The maximum absolute atomic E-state index is 12.5. The molecule has 9 aromatic rings. The second-order valence-corrected chi connectivity index (χ2v) is 30.0. The van der Waals surface area contributed by atoms with Gasteiger partial charge in [-0.15, -0.1) is 64.6 Å². The molecule has 3 aliphatic heterocycles. The van der Waals surface area contributed by atoms with E-state index in [1.54, 1.807) is 41.7 Å². The first-order chi connectivity index (χ1) is 39.4. The van der Waals surface area contributed by atoms with Crippen molar-refractivity contribution < 1.29 is 58.9 Å². The molecule has 3 saturated heterocycles. The molecule has 83 heavy (non-hydrogen) atoms. The average Bonchev–Trinajstić information content (AvgIpc) is 4.50. The van der Waals surface area contributed by atoms with Crippen molar-refractivity contribution in [3.63, 3.8) is 0 Å². The Bertz CT molecular complexity index is 4370. The summed E-state index contributed by atoms with van der Waals surface area (Å²) in [6, 6.07) is 16.1. The summed E-state index contributed by atoms with van der Waals surface area (Å²) in [5.41, 5.74) is 3.30. The number of hydrogen-bond donors (Lipinski definition) is 3. The van der Waals surface area contributed by atoms with Crippen LogP contribution in [0.2, 0.25) is 0 Å². The predicted octanol–water partition coefficient (Wildman–Crippen LogP) is 8.08. The van der Waals surface area contributed by atoms with Gasteiger partial charge in [-0.1, -0.05) is 63.3 Å². The average molecular weight is 1360 g/mol. The van der Waals surface area contributed by atoms with Crippen molar-refractivity contribution in [2.75, 3.05) is 12.5 Å². The van der Waals surface area contributed by atoms with Crippen LogP contribution in [0.3, 0.4) is 0 Å². The van der Waals surface area contributed by atoms with E-state index in [1.165, 1.54) is 11.3 Å². The standard InChI is InChI=1S/C16H11N5O5S3.C15H9N5O3S2.C14H9BrN4O3S2.CH3ClO2S/c1-17-7-3-4-8-9(5-7)27-15(18-8)12(29(2,24)25)14-21-20-11(26-14)6-10-13(22)19-16(23)28-10;1-16-7-2-3-8-9(4-7)24-13(17-8)6-12-20-19-11(23-12)5-10-14(21)18-15(22)25-10;15-6-1-2-7-8(3-6)23-12(16-7)5-11-19-18-10(22-11)4-9-13(20)17-14(21)24-9;1-5(2,3)4/h3-5,10,12H,6H2,2H3,(H,19,22,23);2-4,10H,5-6H2,(H,18,21,22);1-3,9H,4-5H2,(H,17,20,21);1H3. The molecule has 12 rings (SSSR count). The number of benzene rings is 3. The summed E-state index contributed by atoms with van der Waals surface area (Å²) in [4.78, 5) is 88.6. The maximum Gasteiger partial charge on any atom is 0.286 e. The lowest BCUT2D eigenvalue weighted by Crippen LogP contribution is -2.25. The summed E-state index contributed by atoms with van der Waals surface area (Å²) >= 11 is 10.3. The molecule has 3 N–H and O–H groups in total. The fraction of sp³-hybridized carbons (Fsp3) is 0.239. The number of carbonyl (C=O) groups is 6. The number of nitrogens with one attached hydrogen (secondary N) is 3. The Morgan fingerprint density at radius 3 is 1.37 bits per heavy atom. The van der Waals surface area contributed by atoms with Gasteiger partial charge in [-0.25, -0.2) is 41.5 Å². The van der Waals surface area contributed by atoms with Crippen LogP contribution >= 0.6 is 95.9 Å². The summed E-state index contributed by atoms with van der Waals surface area (Å²) in [6.45, 7) is 14.1. The molecule has 3 aliphatic rings. The van der Waals surface area contributed by atoms with Gasteiger partial charge in [0.2, 0.25) is 62.1 Å². The molecule has 9 heterocycles. The quantitative estimate of drug-likeness (QED) is 0.0725. The molecule has 4 atom stereocenters. The van der Waals surface area contributed by atoms with Gasteiger partial charge in [-0.3, -0.25) is 44.7 Å². The van der Waals surface area contributed by atoms with Crippen molar-refractivity contribution in [1.82, 2.24) is 61.5 Å². The molecule has 3 aromatic carbocycles. The van der Waals surface area contributed by atoms with Crippen molar-refractivity contribution in [2.45, 2.75) is 53.1 Å². The van der Waals surface area contributed by atoms with E-state index in [-0.39, 0.29) is 58.3 Å². The smallest absolute Gasteiger partial charge is 0.286 e. The summed E-state index contributed by atoms with van der Waals surface area (Å²) < 4.78 is 64.1. The number of halogens is 2. The summed E-state index contributed by atoms with van der Waals surface area (Å²) in [5.74, 6) is 0.269. The van der Waals surface area contributed by atoms with Gasteiger partial charge in [0.05, 0.1) is 53.5 Å². The van der Waals surface area contributed by atoms with E-state index in [0.29, 0.717) is 58.0 Å². The van der Waals surface area contributed by atoms with Crippen LogP contribution in [0.4, 0.5) is 25.8 Å². The highest BCUT2D eigenvalue weighted by atomic mass is 79.9. The van der Waals surface area contributed by atoms with Gasteiger partial charge in [0.15, 0.2) is 26.5 Å². The van der Waals surface area contributed by atoms with Gasteiger partial charge < -0.3 is 13.3 Å². The molecule has 3 fully saturated rings. The van der Waals surface area contributed by atoms with Crippen molar-refractivity contribution in [1.29, 1.82) is 0 Å². The zero-order valence-electron chi connectivity index (χ0n) is 41.8. The third kappa shape index (κ3) is 16.2. The van der Waals surface area contributed by atoms with Gasteiger partial charge in [0.1, 0.15) is 30.8 Å². The minimum absolute atomic E-state index is 0.0000688. The van der Waals surface area contributed by atoms with E-state index in [9.17, 15) is 45.6 Å². The fourth-order valence-electron chi connectivity index (χ4n) is 7.37. The zero-order chi connectivity index (χ0) is 59.3. The Balaban J connectivity index is 0.000000144. The van der Waals surface area contributed by atoms with E-state index in [0.717, 1.165) is 94.1 Å². The first-order valence-corrected chi connectivity index (χ1v) is 33.6. The van der Waals surface area contributed by atoms with Crippen molar-refractivity contribution >= 4 is 190 Å². The lowest BCUT2D eigenvalue weighted by molar-refractivity contribution is -0.119. The molecule has 0 radical (unpaired) electrons. The summed E-state index contributed by atoms with van der Waals surface area (Å²) in [5, 5.41) is 27.9. The molecule has 6 amide bonds. The lowest BCUT2D eigenvalue weighted by atomic mass is 10.3. The van der Waals surface area contributed by atoms with Gasteiger partial charge in [0.25, 0.3) is 15.7 Å². The molecule has 426 valence electrons. The highest BCUT2D eigenvalue weighted by molar-refractivity contribution is 9.10. The van der Waals surface area contributed by atoms with Gasteiger partial charge in [0, 0.05) is 50.1 Å². The van der Waals surface area contributed by atoms with Crippen LogP contribution in [0, 0.1) is 13.1 Å². The maximum atomic E-state index is 12.5. The Hall–Kier alpha value is -7.13. The van der Waals surface area contributed by atoms with E-state index < -0.39 is 51.0 Å². The van der Waals surface area contributed by atoms with E-state index >= 15 is 0 Å². The number of amides is 6. The number of rotatable bonds is 13. The lowest BCUT2D eigenvalue weighted by Gasteiger charge is -2.07. The molecule has 27 nitrogen and oxygen atoms in total. The van der Waals surface area contributed by atoms with Crippen LogP contribution in [0.1, 0.15) is 55.6 Å². The molecule has 0 bridgehead atoms. The second kappa shape index (κ2) is 25.8. The van der Waals surface area contributed by atoms with Crippen LogP contribution in [0.5, 0.6) is 0 Å². The second-order valence-electron chi connectivity index (χ2n) is 17.1. The highest BCUT2D eigenvalue weighted by Crippen LogP contribution is 2.37. The van der Waals surface area contributed by atoms with E-state index in [4.69, 9.17) is 26.4 Å². The minimum atomic E-state index is -3.72. The largest absolute Gasteiger partial charge is 0.425 e. The number of sulfone groups is 1. The van der Waals surface area contributed by atoms with Crippen LogP contribution in [-0.4, -0.2) is 124 Å². The molecular formula is C46H32BrClN14O13S8. The monoisotopic (exact) mass is 1360 g/mol.